The lowest BCUT2D eigenvalue weighted by molar-refractivity contribution is -0.139. The summed E-state index contributed by atoms with van der Waals surface area (Å²) >= 11 is 0. The normalized spacial score (nSPS) is 9.94. The zero-order valence-electron chi connectivity index (χ0n) is 9.59. The van der Waals surface area contributed by atoms with Gasteiger partial charge in [0.05, 0.1) is 5.69 Å². The van der Waals surface area contributed by atoms with Crippen LogP contribution in [0.25, 0.3) is 11.3 Å². The van der Waals surface area contributed by atoms with Crippen molar-refractivity contribution in [3.8, 4) is 11.3 Å². The van der Waals surface area contributed by atoms with Crippen LogP contribution in [-0.4, -0.2) is 10.7 Å². The Bertz CT molecular complexity index is 540. The van der Waals surface area contributed by atoms with Crippen LogP contribution in [0.1, 0.15) is 6.92 Å². The maximum Gasteiger partial charge on any atom is 0.358 e. The Hall–Kier alpha value is -2.29. The van der Waals surface area contributed by atoms with E-state index in [1.807, 2.05) is 42.5 Å². The van der Waals surface area contributed by atoms with Gasteiger partial charge in [0.15, 0.2) is 0 Å². The second kappa shape index (κ2) is 4.70. The topological polar surface area (TPSA) is 31.2 Å². The summed E-state index contributed by atoms with van der Waals surface area (Å²) in [7, 11) is 0. The zero-order chi connectivity index (χ0) is 12.3. The van der Waals surface area contributed by atoms with Crippen molar-refractivity contribution >= 4 is 5.97 Å². The second-order valence-corrected chi connectivity index (χ2v) is 3.74. The molecule has 0 saturated carbocycles. The number of carbonyl (C=O) groups is 1. The number of nitrogens with zero attached hydrogens (tertiary/aromatic N) is 1. The summed E-state index contributed by atoms with van der Waals surface area (Å²) in [5.74, 6) is -0.432. The Morgan fingerprint density at radius 3 is 2.53 bits per heavy atom. The third kappa shape index (κ3) is 2.45. The van der Waals surface area contributed by atoms with Crippen molar-refractivity contribution in [2.75, 3.05) is 0 Å². The molecule has 1 aromatic heterocycles. The fraction of sp³-hybridized carbons (Fsp3) is 0.0714. The molecular formula is C14H13NO2. The van der Waals surface area contributed by atoms with Gasteiger partial charge >= 0.3 is 5.97 Å². The van der Waals surface area contributed by atoms with Crippen molar-refractivity contribution in [1.29, 1.82) is 0 Å². The van der Waals surface area contributed by atoms with E-state index >= 15 is 0 Å². The Morgan fingerprint density at radius 1 is 1.18 bits per heavy atom. The Kier molecular flexibility index (Phi) is 3.10. The molecule has 0 radical (unpaired) electrons. The summed E-state index contributed by atoms with van der Waals surface area (Å²) in [5, 5.41) is 0. The number of hydrogen-bond acceptors (Lipinski definition) is 2. The van der Waals surface area contributed by atoms with Crippen LogP contribution in [0.5, 0.6) is 0 Å². The van der Waals surface area contributed by atoms with Crippen LogP contribution in [0.2, 0.25) is 0 Å². The van der Waals surface area contributed by atoms with Gasteiger partial charge in [-0.15, -0.1) is 0 Å². The molecule has 17 heavy (non-hydrogen) atoms. The monoisotopic (exact) mass is 227 g/mol. The molecule has 0 unspecified atom stereocenters. The van der Waals surface area contributed by atoms with Gasteiger partial charge in [0.25, 0.3) is 0 Å². The number of carbonyl (C=O) groups excluding carboxylic acids is 1. The number of aromatic nitrogens is 1. The molecule has 0 spiro atoms. The molecule has 0 fully saturated rings. The van der Waals surface area contributed by atoms with Crippen molar-refractivity contribution in [2.45, 2.75) is 6.92 Å². The van der Waals surface area contributed by atoms with Gasteiger partial charge in [0, 0.05) is 17.3 Å². The molecule has 3 nitrogen and oxygen atoms in total. The first-order valence-electron chi connectivity index (χ1n) is 5.29. The van der Waals surface area contributed by atoms with E-state index in [0.717, 1.165) is 11.3 Å². The molecule has 1 aromatic carbocycles. The molecule has 2 aromatic rings. The molecule has 0 bridgehead atoms. The average molecular weight is 227 g/mol. The maximum absolute atomic E-state index is 11.5. The van der Waals surface area contributed by atoms with Crippen LogP contribution in [-0.2, 0) is 4.79 Å². The zero-order valence-corrected chi connectivity index (χ0v) is 9.59. The fourth-order valence-electron chi connectivity index (χ4n) is 1.45. The predicted molar refractivity (Wildman–Crippen MR) is 66.3 cm³/mol. The lowest BCUT2D eigenvalue weighted by Crippen LogP contribution is -2.19. The third-order valence-electron chi connectivity index (χ3n) is 2.31. The minimum atomic E-state index is -0.432. The van der Waals surface area contributed by atoms with Crippen LogP contribution in [0.15, 0.2) is 60.8 Å². The predicted octanol–water partition coefficient (Wildman–Crippen LogP) is 2.69. The summed E-state index contributed by atoms with van der Waals surface area (Å²) < 4.78 is 1.45. The molecule has 0 amide bonds. The molecule has 2 rings (SSSR count). The number of benzene rings is 1. The minimum absolute atomic E-state index is 0.373. The Labute approximate surface area is 99.9 Å². The van der Waals surface area contributed by atoms with E-state index in [4.69, 9.17) is 4.84 Å². The molecule has 3 heteroatoms. The molecule has 86 valence electrons. The highest BCUT2D eigenvalue weighted by Gasteiger charge is 2.09. The van der Waals surface area contributed by atoms with Crippen molar-refractivity contribution in [1.82, 2.24) is 4.73 Å². The summed E-state index contributed by atoms with van der Waals surface area (Å²) in [5.41, 5.74) is 2.20. The quantitative estimate of drug-likeness (QED) is 0.755. The lowest BCUT2D eigenvalue weighted by atomic mass is 10.2. The van der Waals surface area contributed by atoms with E-state index in [9.17, 15) is 4.79 Å². The summed E-state index contributed by atoms with van der Waals surface area (Å²) in [6.07, 6.45) is 1.70. The van der Waals surface area contributed by atoms with Gasteiger partial charge < -0.3 is 4.84 Å². The van der Waals surface area contributed by atoms with Crippen LogP contribution < -0.4 is 4.84 Å². The molecule has 0 aliphatic rings. The van der Waals surface area contributed by atoms with Gasteiger partial charge in [-0.1, -0.05) is 36.9 Å². The fourth-order valence-corrected chi connectivity index (χ4v) is 1.45. The smallest absolute Gasteiger partial charge is 0.331 e. The first-order valence-corrected chi connectivity index (χ1v) is 5.29. The lowest BCUT2D eigenvalue weighted by Gasteiger charge is -2.08. The van der Waals surface area contributed by atoms with Gasteiger partial charge in [0.1, 0.15) is 0 Å². The molecule has 0 saturated heterocycles. The molecule has 1 heterocycles. The van der Waals surface area contributed by atoms with E-state index in [1.165, 1.54) is 4.73 Å². The Morgan fingerprint density at radius 2 is 1.88 bits per heavy atom. The van der Waals surface area contributed by atoms with Crippen molar-refractivity contribution in [2.24, 2.45) is 0 Å². The van der Waals surface area contributed by atoms with Crippen LogP contribution in [0, 0.1) is 0 Å². The molecule has 0 aliphatic carbocycles. The van der Waals surface area contributed by atoms with Gasteiger partial charge in [0.2, 0.25) is 0 Å². The molecule has 0 atom stereocenters. The SMILES string of the molecule is C=C(C)C(=O)On1cccc1-c1ccccc1. The van der Waals surface area contributed by atoms with Crippen molar-refractivity contribution in [3.05, 3.63) is 60.8 Å². The largest absolute Gasteiger partial charge is 0.358 e. The van der Waals surface area contributed by atoms with E-state index in [-0.39, 0.29) is 0 Å². The summed E-state index contributed by atoms with van der Waals surface area (Å²) in [6, 6.07) is 13.5. The number of rotatable bonds is 3. The highest BCUT2D eigenvalue weighted by molar-refractivity contribution is 5.87. The summed E-state index contributed by atoms with van der Waals surface area (Å²) in [6.45, 7) is 5.17. The first-order chi connectivity index (χ1) is 8.18. The standard InChI is InChI=1S/C14H13NO2/c1-11(2)14(16)17-15-10-6-9-13(15)12-7-4-3-5-8-12/h3-10H,1H2,2H3. The van der Waals surface area contributed by atoms with Crippen molar-refractivity contribution < 1.29 is 9.63 Å². The summed E-state index contributed by atoms with van der Waals surface area (Å²) in [4.78, 5) is 16.6. The van der Waals surface area contributed by atoms with Crippen LogP contribution >= 0.6 is 0 Å². The van der Waals surface area contributed by atoms with Gasteiger partial charge in [-0.2, -0.15) is 4.73 Å². The van der Waals surface area contributed by atoms with E-state index in [0.29, 0.717) is 5.57 Å². The second-order valence-electron chi connectivity index (χ2n) is 3.74. The average Bonchev–Trinajstić information content (AvgIpc) is 2.78. The van der Waals surface area contributed by atoms with Crippen LogP contribution in [0.3, 0.4) is 0 Å². The van der Waals surface area contributed by atoms with E-state index in [2.05, 4.69) is 6.58 Å². The van der Waals surface area contributed by atoms with E-state index < -0.39 is 5.97 Å². The van der Waals surface area contributed by atoms with Crippen molar-refractivity contribution in [3.63, 3.8) is 0 Å². The molecule has 0 N–H and O–H groups in total. The maximum atomic E-state index is 11.5. The highest BCUT2D eigenvalue weighted by Crippen LogP contribution is 2.18. The molecular weight excluding hydrogens is 214 g/mol. The van der Waals surface area contributed by atoms with Gasteiger partial charge in [-0.05, 0) is 19.1 Å². The highest BCUT2D eigenvalue weighted by atomic mass is 16.7. The Balaban J connectivity index is 2.30. The molecule has 0 aliphatic heterocycles. The van der Waals surface area contributed by atoms with Gasteiger partial charge in [-0.25, -0.2) is 4.79 Å². The first kappa shape index (κ1) is 11.2. The van der Waals surface area contributed by atoms with Gasteiger partial charge in [-0.3, -0.25) is 0 Å². The van der Waals surface area contributed by atoms with Crippen LogP contribution in [0.4, 0.5) is 0 Å². The van der Waals surface area contributed by atoms with E-state index in [1.54, 1.807) is 13.1 Å². The number of hydrogen-bond donors (Lipinski definition) is 0. The minimum Gasteiger partial charge on any atom is -0.331 e. The third-order valence-corrected chi connectivity index (χ3v) is 2.31.